The maximum atomic E-state index is 13.1. The second-order valence-corrected chi connectivity index (χ2v) is 7.98. The van der Waals surface area contributed by atoms with Crippen molar-refractivity contribution in [2.24, 2.45) is 4.99 Å². The Morgan fingerprint density at radius 1 is 1.03 bits per heavy atom. The molecule has 180 valence electrons. The lowest BCUT2D eigenvalue weighted by Crippen LogP contribution is -2.33. The normalized spacial score (nSPS) is 11.9. The standard InChI is InChI=1S/C23H21F3N2O5S/c1-31-17-8-7-14(11-18(17)32-2)9-10-28-20(29)13-19(21(30)33-3)34-22(28)27-16-6-4-5-15(12-16)23(24,25)26/h4-8,11-13H,9-10H2,1-3H3. The van der Waals surface area contributed by atoms with Crippen molar-refractivity contribution in [2.45, 2.75) is 19.1 Å². The number of hydrogen-bond donors (Lipinski definition) is 0. The van der Waals surface area contributed by atoms with Crippen LogP contribution in [0.3, 0.4) is 0 Å². The van der Waals surface area contributed by atoms with E-state index in [0.29, 0.717) is 17.9 Å². The maximum Gasteiger partial charge on any atom is 0.416 e. The average Bonchev–Trinajstić information content (AvgIpc) is 2.82. The summed E-state index contributed by atoms with van der Waals surface area (Å²) in [6.07, 6.45) is -4.16. The summed E-state index contributed by atoms with van der Waals surface area (Å²) in [6, 6.07) is 10.8. The van der Waals surface area contributed by atoms with Gasteiger partial charge in [-0.05, 0) is 42.3 Å². The number of methoxy groups -OCH3 is 3. The minimum absolute atomic E-state index is 0.00708. The van der Waals surface area contributed by atoms with Crippen molar-refractivity contribution in [2.75, 3.05) is 21.3 Å². The van der Waals surface area contributed by atoms with E-state index in [1.165, 1.54) is 38.0 Å². The molecule has 0 aliphatic heterocycles. The fourth-order valence-electron chi connectivity index (χ4n) is 3.10. The van der Waals surface area contributed by atoms with Gasteiger partial charge in [-0.1, -0.05) is 23.5 Å². The molecule has 0 aliphatic rings. The van der Waals surface area contributed by atoms with Crippen LogP contribution in [0.15, 0.2) is 58.3 Å². The molecule has 0 saturated heterocycles. The minimum Gasteiger partial charge on any atom is -0.493 e. The first kappa shape index (κ1) is 25.0. The van der Waals surface area contributed by atoms with Crippen LogP contribution in [0, 0.1) is 0 Å². The van der Waals surface area contributed by atoms with E-state index in [-0.39, 0.29) is 21.9 Å². The Kier molecular flexibility index (Phi) is 7.77. The monoisotopic (exact) mass is 494 g/mol. The fraction of sp³-hybridized carbons (Fsp3) is 0.261. The molecule has 0 unspecified atom stereocenters. The average molecular weight is 494 g/mol. The number of aryl methyl sites for hydroxylation is 1. The van der Waals surface area contributed by atoms with E-state index in [0.717, 1.165) is 35.1 Å². The van der Waals surface area contributed by atoms with Gasteiger partial charge in [0.05, 0.1) is 32.6 Å². The van der Waals surface area contributed by atoms with Gasteiger partial charge in [0.2, 0.25) is 0 Å². The highest BCUT2D eigenvalue weighted by Gasteiger charge is 2.30. The summed E-state index contributed by atoms with van der Waals surface area (Å²) in [7, 11) is 4.19. The largest absolute Gasteiger partial charge is 0.493 e. The molecule has 0 fully saturated rings. The van der Waals surface area contributed by atoms with E-state index in [9.17, 15) is 22.8 Å². The van der Waals surface area contributed by atoms with Gasteiger partial charge in [0.15, 0.2) is 16.3 Å². The van der Waals surface area contributed by atoms with E-state index in [4.69, 9.17) is 9.47 Å². The maximum absolute atomic E-state index is 13.1. The van der Waals surface area contributed by atoms with E-state index < -0.39 is 23.3 Å². The first-order valence-electron chi connectivity index (χ1n) is 9.92. The van der Waals surface area contributed by atoms with Crippen LogP contribution in [-0.2, 0) is 23.9 Å². The van der Waals surface area contributed by atoms with Crippen LogP contribution in [0.25, 0.3) is 0 Å². The highest BCUT2D eigenvalue weighted by molar-refractivity contribution is 7.11. The number of ether oxygens (including phenoxy) is 3. The van der Waals surface area contributed by atoms with Crippen LogP contribution in [0.5, 0.6) is 11.5 Å². The number of benzene rings is 2. The summed E-state index contributed by atoms with van der Waals surface area (Å²) >= 11 is 0.849. The molecule has 7 nitrogen and oxygen atoms in total. The Labute approximate surface area is 196 Å². The van der Waals surface area contributed by atoms with Gasteiger partial charge in [-0.3, -0.25) is 9.36 Å². The highest BCUT2D eigenvalue weighted by Crippen LogP contribution is 2.31. The molecule has 0 radical (unpaired) electrons. The lowest BCUT2D eigenvalue weighted by atomic mass is 10.1. The van der Waals surface area contributed by atoms with Crippen molar-refractivity contribution in [1.82, 2.24) is 4.57 Å². The van der Waals surface area contributed by atoms with Gasteiger partial charge in [-0.25, -0.2) is 9.79 Å². The van der Waals surface area contributed by atoms with Gasteiger partial charge >= 0.3 is 12.1 Å². The molecule has 2 aromatic carbocycles. The highest BCUT2D eigenvalue weighted by atomic mass is 32.1. The number of nitrogens with zero attached hydrogens (tertiary/aromatic N) is 2. The quantitative estimate of drug-likeness (QED) is 0.460. The first-order valence-corrected chi connectivity index (χ1v) is 10.7. The van der Waals surface area contributed by atoms with Gasteiger partial charge in [-0.15, -0.1) is 0 Å². The van der Waals surface area contributed by atoms with Crippen LogP contribution >= 0.6 is 11.3 Å². The van der Waals surface area contributed by atoms with Crippen molar-refractivity contribution in [3.63, 3.8) is 0 Å². The number of hydrogen-bond acceptors (Lipinski definition) is 7. The molecule has 34 heavy (non-hydrogen) atoms. The Balaban J connectivity index is 2.06. The number of carbonyl (C=O) groups excluding carboxylic acids is 1. The van der Waals surface area contributed by atoms with Gasteiger partial charge in [0.25, 0.3) is 5.56 Å². The number of aromatic nitrogens is 1. The molecule has 0 aliphatic carbocycles. The molecule has 0 N–H and O–H groups in total. The van der Waals surface area contributed by atoms with Gasteiger partial charge in [-0.2, -0.15) is 13.2 Å². The summed E-state index contributed by atoms with van der Waals surface area (Å²) in [6.45, 7) is 0.157. The van der Waals surface area contributed by atoms with Crippen molar-refractivity contribution >= 4 is 23.0 Å². The van der Waals surface area contributed by atoms with Crippen LogP contribution in [-0.4, -0.2) is 31.9 Å². The molecule has 11 heteroatoms. The molecule has 1 heterocycles. The van der Waals surface area contributed by atoms with Crippen LogP contribution in [0.1, 0.15) is 20.8 Å². The van der Waals surface area contributed by atoms with Crippen LogP contribution < -0.4 is 19.8 Å². The number of esters is 1. The summed E-state index contributed by atoms with van der Waals surface area (Å²) in [5.74, 6) is 0.327. The van der Waals surface area contributed by atoms with E-state index in [1.54, 1.807) is 12.1 Å². The molecular weight excluding hydrogens is 473 g/mol. The molecule has 0 spiro atoms. The number of carbonyl (C=O) groups is 1. The summed E-state index contributed by atoms with van der Waals surface area (Å²) in [5.41, 5.74) is -0.587. The Morgan fingerprint density at radius 3 is 2.41 bits per heavy atom. The SMILES string of the molecule is COC(=O)c1cc(=O)n(CCc2ccc(OC)c(OC)c2)c(=Nc2cccc(C(F)(F)F)c2)s1. The summed E-state index contributed by atoms with van der Waals surface area (Å²) in [5, 5.41) is 0. The van der Waals surface area contributed by atoms with Gasteiger partial charge in [0, 0.05) is 12.6 Å². The lowest BCUT2D eigenvalue weighted by Gasteiger charge is -2.11. The second-order valence-electron chi connectivity index (χ2n) is 6.97. The third-order valence-corrected chi connectivity index (χ3v) is 5.81. The van der Waals surface area contributed by atoms with Gasteiger partial charge in [0.1, 0.15) is 4.88 Å². The molecule has 0 amide bonds. The van der Waals surface area contributed by atoms with Crippen molar-refractivity contribution in [1.29, 1.82) is 0 Å². The zero-order valence-corrected chi connectivity index (χ0v) is 19.3. The molecule has 1 aromatic heterocycles. The Bertz CT molecular complexity index is 1310. The zero-order valence-electron chi connectivity index (χ0n) is 18.5. The summed E-state index contributed by atoms with van der Waals surface area (Å²) < 4.78 is 55.8. The Morgan fingerprint density at radius 2 is 1.76 bits per heavy atom. The van der Waals surface area contributed by atoms with Crippen LogP contribution in [0.4, 0.5) is 18.9 Å². The minimum atomic E-state index is -4.55. The topological polar surface area (TPSA) is 79.1 Å². The summed E-state index contributed by atoms with van der Waals surface area (Å²) in [4.78, 5) is 29.1. The molecule has 3 rings (SSSR count). The predicted molar refractivity (Wildman–Crippen MR) is 120 cm³/mol. The van der Waals surface area contributed by atoms with E-state index in [1.807, 2.05) is 6.07 Å². The van der Waals surface area contributed by atoms with E-state index >= 15 is 0 Å². The molecule has 3 aromatic rings. The zero-order chi connectivity index (χ0) is 24.9. The fourth-order valence-corrected chi connectivity index (χ4v) is 4.06. The van der Waals surface area contributed by atoms with Crippen molar-refractivity contribution in [3.8, 4) is 11.5 Å². The van der Waals surface area contributed by atoms with Gasteiger partial charge < -0.3 is 14.2 Å². The molecule has 0 saturated carbocycles. The van der Waals surface area contributed by atoms with Crippen LogP contribution in [0.2, 0.25) is 0 Å². The van der Waals surface area contributed by atoms with Crippen molar-refractivity contribution in [3.05, 3.63) is 79.7 Å². The number of rotatable bonds is 7. The predicted octanol–water partition coefficient (Wildman–Crippen LogP) is 4.21. The third kappa shape index (κ3) is 5.84. The first-order chi connectivity index (χ1) is 16.2. The second kappa shape index (κ2) is 10.6. The third-order valence-electron chi connectivity index (χ3n) is 4.81. The number of alkyl halides is 3. The molecule has 0 atom stereocenters. The van der Waals surface area contributed by atoms with Crippen molar-refractivity contribution < 1.29 is 32.2 Å². The lowest BCUT2D eigenvalue weighted by molar-refractivity contribution is -0.137. The number of halogens is 3. The molecule has 0 bridgehead atoms. The Hall–Kier alpha value is -3.60. The molecular formula is C23H21F3N2O5S. The van der Waals surface area contributed by atoms with E-state index in [2.05, 4.69) is 9.73 Å². The smallest absolute Gasteiger partial charge is 0.416 e.